The average molecular weight is 293 g/mol. The molecule has 0 spiro atoms. The Kier molecular flexibility index (Phi) is 3.21. The zero-order valence-corrected chi connectivity index (χ0v) is 11.9. The number of aromatic carboxylic acids is 1. The summed E-state index contributed by atoms with van der Waals surface area (Å²) in [6, 6.07) is 0.296. The topological polar surface area (TPSA) is 84.2 Å². The second kappa shape index (κ2) is 4.90. The number of nitrogens with one attached hydrogen (secondary N) is 1. The Balaban J connectivity index is 2.07. The van der Waals surface area contributed by atoms with Gasteiger partial charge in [0.1, 0.15) is 16.0 Å². The molecule has 7 heteroatoms. The molecule has 3 rings (SSSR count). The second-order valence-electron chi connectivity index (χ2n) is 5.07. The largest absolute Gasteiger partial charge is 0.477 e. The van der Waals surface area contributed by atoms with E-state index in [1.165, 1.54) is 23.8 Å². The predicted octanol–water partition coefficient (Wildman–Crippen LogP) is 1.95. The van der Waals surface area contributed by atoms with E-state index in [4.69, 9.17) is 5.11 Å². The van der Waals surface area contributed by atoms with Crippen LogP contribution in [0, 0.1) is 6.92 Å². The summed E-state index contributed by atoms with van der Waals surface area (Å²) in [6.45, 7) is 1.66. The highest BCUT2D eigenvalue weighted by Gasteiger charge is 2.20. The molecule has 1 fully saturated rings. The summed E-state index contributed by atoms with van der Waals surface area (Å²) >= 11 is 1.05. The van der Waals surface area contributed by atoms with E-state index in [0.29, 0.717) is 21.8 Å². The number of hydrogen-bond acceptors (Lipinski definition) is 5. The van der Waals surface area contributed by atoms with Gasteiger partial charge in [0.25, 0.3) is 5.56 Å². The Morgan fingerprint density at radius 1 is 1.50 bits per heavy atom. The first-order chi connectivity index (χ1) is 9.58. The normalized spacial score (nSPS) is 15.8. The van der Waals surface area contributed by atoms with Crippen molar-refractivity contribution in [2.75, 3.05) is 5.43 Å². The van der Waals surface area contributed by atoms with Crippen molar-refractivity contribution in [3.8, 4) is 0 Å². The fourth-order valence-electron chi connectivity index (χ4n) is 2.67. The smallest absolute Gasteiger partial charge is 0.346 e. The molecule has 0 unspecified atom stereocenters. The third kappa shape index (κ3) is 2.07. The van der Waals surface area contributed by atoms with Gasteiger partial charge in [0.15, 0.2) is 0 Å². The Morgan fingerprint density at radius 3 is 2.85 bits per heavy atom. The van der Waals surface area contributed by atoms with E-state index in [-0.39, 0.29) is 10.4 Å². The van der Waals surface area contributed by atoms with Crippen molar-refractivity contribution < 1.29 is 9.90 Å². The van der Waals surface area contributed by atoms with Crippen molar-refractivity contribution in [2.45, 2.75) is 38.6 Å². The van der Waals surface area contributed by atoms with Crippen molar-refractivity contribution in [1.29, 1.82) is 0 Å². The van der Waals surface area contributed by atoms with Crippen LogP contribution in [0.25, 0.3) is 10.2 Å². The van der Waals surface area contributed by atoms with Crippen LogP contribution in [-0.2, 0) is 0 Å². The summed E-state index contributed by atoms with van der Waals surface area (Å²) < 4.78 is 1.39. The molecular formula is C13H15N3O3S. The summed E-state index contributed by atoms with van der Waals surface area (Å²) in [5, 5.41) is 9.52. The quantitative estimate of drug-likeness (QED) is 0.903. The third-order valence-corrected chi connectivity index (χ3v) is 4.91. The van der Waals surface area contributed by atoms with Crippen LogP contribution >= 0.6 is 11.3 Å². The number of hydrogen-bond donors (Lipinski definition) is 2. The maximum absolute atomic E-state index is 12.4. The molecule has 106 valence electrons. The molecule has 0 atom stereocenters. The number of carboxylic acid groups (broad SMARTS) is 1. The highest BCUT2D eigenvalue weighted by atomic mass is 32.1. The zero-order valence-electron chi connectivity index (χ0n) is 11.0. The van der Waals surface area contributed by atoms with Crippen LogP contribution < -0.4 is 11.0 Å². The number of thiophene rings is 1. The summed E-state index contributed by atoms with van der Waals surface area (Å²) in [5.74, 6) is -1.01. The summed E-state index contributed by atoms with van der Waals surface area (Å²) in [6.07, 6.45) is 5.89. The van der Waals surface area contributed by atoms with E-state index in [1.807, 2.05) is 0 Å². The molecule has 2 aromatic heterocycles. The highest BCUT2D eigenvalue weighted by Crippen LogP contribution is 2.26. The molecule has 2 heterocycles. The van der Waals surface area contributed by atoms with Crippen molar-refractivity contribution in [2.24, 2.45) is 0 Å². The molecule has 0 aliphatic heterocycles. The van der Waals surface area contributed by atoms with Gasteiger partial charge in [0.2, 0.25) is 0 Å². The Hall–Kier alpha value is -1.89. The fraction of sp³-hybridized carbons (Fsp3) is 0.462. The summed E-state index contributed by atoms with van der Waals surface area (Å²) in [5.41, 5.74) is 3.44. The van der Waals surface area contributed by atoms with Gasteiger partial charge in [-0.05, 0) is 25.3 Å². The third-order valence-electron chi connectivity index (χ3n) is 3.72. The molecule has 20 heavy (non-hydrogen) atoms. The SMILES string of the molecule is Cc1c(C(=O)O)sc2ncn(NC3CCCC3)c(=O)c12. The molecule has 0 aromatic carbocycles. The van der Waals surface area contributed by atoms with Gasteiger partial charge in [0.05, 0.1) is 5.39 Å². The van der Waals surface area contributed by atoms with Crippen LogP contribution in [0.5, 0.6) is 0 Å². The molecule has 2 N–H and O–H groups in total. The van der Waals surface area contributed by atoms with E-state index in [0.717, 1.165) is 24.2 Å². The van der Waals surface area contributed by atoms with E-state index in [2.05, 4.69) is 10.4 Å². The standard InChI is InChI=1S/C13H15N3O3S/c1-7-9-11(20-10(7)13(18)19)14-6-16(12(9)17)15-8-4-2-3-5-8/h6,8,15H,2-5H2,1H3,(H,18,19). The van der Waals surface area contributed by atoms with Crippen molar-refractivity contribution in [1.82, 2.24) is 9.66 Å². The van der Waals surface area contributed by atoms with Crippen LogP contribution in [0.3, 0.4) is 0 Å². The zero-order chi connectivity index (χ0) is 14.3. The summed E-state index contributed by atoms with van der Waals surface area (Å²) in [7, 11) is 0. The van der Waals surface area contributed by atoms with Gasteiger partial charge in [-0.3, -0.25) is 4.79 Å². The van der Waals surface area contributed by atoms with Crippen LogP contribution in [0.15, 0.2) is 11.1 Å². The number of carbonyl (C=O) groups is 1. The molecule has 6 nitrogen and oxygen atoms in total. The molecule has 0 saturated heterocycles. The summed E-state index contributed by atoms with van der Waals surface area (Å²) in [4.78, 5) is 28.4. The molecule has 0 radical (unpaired) electrons. The first-order valence-electron chi connectivity index (χ1n) is 6.58. The molecule has 1 saturated carbocycles. The lowest BCUT2D eigenvalue weighted by Gasteiger charge is -2.14. The van der Waals surface area contributed by atoms with Gasteiger partial charge in [-0.15, -0.1) is 11.3 Å². The average Bonchev–Trinajstić information content (AvgIpc) is 3.01. The van der Waals surface area contributed by atoms with E-state index in [9.17, 15) is 9.59 Å². The van der Waals surface area contributed by atoms with E-state index >= 15 is 0 Å². The first-order valence-corrected chi connectivity index (χ1v) is 7.40. The van der Waals surface area contributed by atoms with Crippen LogP contribution in [0.2, 0.25) is 0 Å². The second-order valence-corrected chi connectivity index (χ2v) is 6.07. The lowest BCUT2D eigenvalue weighted by atomic mass is 10.2. The van der Waals surface area contributed by atoms with E-state index in [1.54, 1.807) is 6.92 Å². The van der Waals surface area contributed by atoms with Gasteiger partial charge in [0, 0.05) is 6.04 Å². The number of aromatic nitrogens is 2. The minimum absolute atomic E-state index is 0.184. The maximum atomic E-state index is 12.4. The van der Waals surface area contributed by atoms with Crippen LogP contribution in [0.4, 0.5) is 0 Å². The molecule has 2 aromatic rings. The van der Waals surface area contributed by atoms with Gasteiger partial charge in [-0.25, -0.2) is 14.5 Å². The Morgan fingerprint density at radius 2 is 2.20 bits per heavy atom. The fourth-order valence-corrected chi connectivity index (χ4v) is 3.65. The highest BCUT2D eigenvalue weighted by molar-refractivity contribution is 7.20. The Bertz CT molecular complexity index is 728. The van der Waals surface area contributed by atoms with Crippen LogP contribution in [-0.4, -0.2) is 26.8 Å². The molecular weight excluding hydrogens is 278 g/mol. The molecule has 1 aliphatic carbocycles. The number of carboxylic acids is 1. The van der Waals surface area contributed by atoms with Gasteiger partial charge in [-0.2, -0.15) is 0 Å². The lowest BCUT2D eigenvalue weighted by Crippen LogP contribution is -2.34. The van der Waals surface area contributed by atoms with E-state index < -0.39 is 5.97 Å². The number of rotatable bonds is 3. The van der Waals surface area contributed by atoms with Crippen molar-refractivity contribution >= 4 is 27.5 Å². The lowest BCUT2D eigenvalue weighted by molar-refractivity contribution is 0.0701. The van der Waals surface area contributed by atoms with Crippen molar-refractivity contribution in [3.05, 3.63) is 27.1 Å². The van der Waals surface area contributed by atoms with Crippen molar-refractivity contribution in [3.63, 3.8) is 0 Å². The Labute approximate surface area is 119 Å². The number of aryl methyl sites for hydroxylation is 1. The van der Waals surface area contributed by atoms with Crippen LogP contribution in [0.1, 0.15) is 40.9 Å². The first kappa shape index (κ1) is 13.1. The molecule has 0 bridgehead atoms. The number of fused-ring (bicyclic) bond motifs is 1. The number of nitrogens with zero attached hydrogens (tertiary/aromatic N) is 2. The minimum Gasteiger partial charge on any atom is -0.477 e. The molecule has 1 aliphatic rings. The van der Waals surface area contributed by atoms with Gasteiger partial charge in [-0.1, -0.05) is 12.8 Å². The minimum atomic E-state index is -1.01. The monoisotopic (exact) mass is 293 g/mol. The maximum Gasteiger partial charge on any atom is 0.346 e. The van der Waals surface area contributed by atoms with Gasteiger partial charge < -0.3 is 10.5 Å². The van der Waals surface area contributed by atoms with Gasteiger partial charge >= 0.3 is 5.97 Å². The molecule has 0 amide bonds. The predicted molar refractivity (Wildman–Crippen MR) is 77.2 cm³/mol.